The second-order valence-corrected chi connectivity index (χ2v) is 6.47. The minimum absolute atomic E-state index is 0.126. The molecular formula is C18H23N5O3. The van der Waals surface area contributed by atoms with E-state index < -0.39 is 0 Å². The molecule has 8 heteroatoms. The highest BCUT2D eigenvalue weighted by Gasteiger charge is 2.15. The maximum atomic E-state index is 12.5. The predicted molar refractivity (Wildman–Crippen MR) is 99.8 cm³/mol. The fourth-order valence-electron chi connectivity index (χ4n) is 3.46. The average Bonchev–Trinajstić information content (AvgIpc) is 3.04. The Bertz CT molecular complexity index is 988. The zero-order valence-electron chi connectivity index (χ0n) is 14.9. The van der Waals surface area contributed by atoms with E-state index >= 15 is 0 Å². The summed E-state index contributed by atoms with van der Waals surface area (Å²) in [4.78, 5) is 19.5. The van der Waals surface area contributed by atoms with Gasteiger partial charge in [-0.2, -0.15) is 0 Å². The Labute approximate surface area is 150 Å². The molecule has 1 saturated heterocycles. The Morgan fingerprint density at radius 1 is 1.23 bits per heavy atom. The van der Waals surface area contributed by atoms with E-state index in [1.54, 1.807) is 11.7 Å². The van der Waals surface area contributed by atoms with Crippen molar-refractivity contribution in [2.24, 2.45) is 0 Å². The van der Waals surface area contributed by atoms with E-state index in [1.165, 1.54) is 6.07 Å². The van der Waals surface area contributed by atoms with Crippen LogP contribution < -0.4 is 16.0 Å². The molecule has 1 aliphatic heterocycles. The van der Waals surface area contributed by atoms with E-state index in [9.17, 15) is 4.79 Å². The lowest BCUT2D eigenvalue weighted by Gasteiger charge is -2.26. The third-order valence-corrected chi connectivity index (χ3v) is 4.84. The number of nitrogens with two attached hydrogens (primary N) is 1. The minimum atomic E-state index is -0.126. The number of methoxy groups -OCH3 is 1. The van der Waals surface area contributed by atoms with E-state index in [1.807, 2.05) is 22.6 Å². The van der Waals surface area contributed by atoms with Crippen LogP contribution in [-0.4, -0.2) is 58.8 Å². The van der Waals surface area contributed by atoms with Crippen LogP contribution in [0.15, 0.2) is 29.1 Å². The zero-order valence-corrected chi connectivity index (χ0v) is 14.9. The Hall–Kier alpha value is -2.58. The molecule has 3 aromatic rings. The average molecular weight is 357 g/mol. The van der Waals surface area contributed by atoms with Crippen LogP contribution in [0, 0.1) is 0 Å². The van der Waals surface area contributed by atoms with Gasteiger partial charge in [0.05, 0.1) is 31.4 Å². The SMILES string of the molecule is COc1ccc2nc3n(CCCN4CCOCC4)c(=O)cc(N)n3c2c1. The second-order valence-electron chi connectivity index (χ2n) is 6.47. The molecule has 26 heavy (non-hydrogen) atoms. The Balaban J connectivity index is 1.68. The number of anilines is 1. The number of nitrogens with zero attached hydrogens (tertiary/aromatic N) is 4. The van der Waals surface area contributed by atoms with Crippen molar-refractivity contribution in [3.8, 4) is 5.75 Å². The van der Waals surface area contributed by atoms with Gasteiger partial charge in [-0.3, -0.25) is 18.7 Å². The molecule has 1 aliphatic rings. The van der Waals surface area contributed by atoms with Gasteiger partial charge in [0.25, 0.3) is 5.56 Å². The Morgan fingerprint density at radius 3 is 2.81 bits per heavy atom. The largest absolute Gasteiger partial charge is 0.497 e. The summed E-state index contributed by atoms with van der Waals surface area (Å²) >= 11 is 0. The van der Waals surface area contributed by atoms with Crippen molar-refractivity contribution in [2.75, 3.05) is 45.7 Å². The molecule has 1 fully saturated rings. The summed E-state index contributed by atoms with van der Waals surface area (Å²) in [6.07, 6.45) is 0.867. The summed E-state index contributed by atoms with van der Waals surface area (Å²) in [7, 11) is 1.62. The zero-order chi connectivity index (χ0) is 18.1. The third kappa shape index (κ3) is 3.02. The molecule has 8 nitrogen and oxygen atoms in total. The number of hydrogen-bond donors (Lipinski definition) is 1. The number of aryl methyl sites for hydroxylation is 1. The molecule has 0 unspecified atom stereocenters. The summed E-state index contributed by atoms with van der Waals surface area (Å²) in [5.41, 5.74) is 7.61. The second kappa shape index (κ2) is 6.97. The number of hydrogen-bond acceptors (Lipinski definition) is 6. The van der Waals surface area contributed by atoms with Gasteiger partial charge in [0, 0.05) is 38.3 Å². The third-order valence-electron chi connectivity index (χ3n) is 4.84. The molecular weight excluding hydrogens is 334 g/mol. The number of ether oxygens (including phenoxy) is 2. The van der Waals surface area contributed by atoms with E-state index in [0.717, 1.165) is 56.1 Å². The highest BCUT2D eigenvalue weighted by atomic mass is 16.5. The Morgan fingerprint density at radius 2 is 2.04 bits per heavy atom. The van der Waals surface area contributed by atoms with E-state index in [-0.39, 0.29) is 5.56 Å². The first-order chi connectivity index (χ1) is 12.7. The van der Waals surface area contributed by atoms with Gasteiger partial charge in [-0.05, 0) is 18.6 Å². The first kappa shape index (κ1) is 16.9. The molecule has 3 heterocycles. The molecule has 1 aromatic carbocycles. The van der Waals surface area contributed by atoms with Crippen LogP contribution in [0.4, 0.5) is 5.82 Å². The van der Waals surface area contributed by atoms with Crippen molar-refractivity contribution < 1.29 is 9.47 Å². The molecule has 2 N–H and O–H groups in total. The fourth-order valence-corrected chi connectivity index (χ4v) is 3.46. The Kier molecular flexibility index (Phi) is 4.52. The van der Waals surface area contributed by atoms with Crippen LogP contribution in [0.5, 0.6) is 5.75 Å². The van der Waals surface area contributed by atoms with Crippen molar-refractivity contribution in [3.05, 3.63) is 34.6 Å². The summed E-state index contributed by atoms with van der Waals surface area (Å²) < 4.78 is 14.2. The van der Waals surface area contributed by atoms with E-state index in [0.29, 0.717) is 18.1 Å². The molecule has 138 valence electrons. The summed E-state index contributed by atoms with van der Waals surface area (Å²) in [6.45, 7) is 4.97. The van der Waals surface area contributed by atoms with Crippen molar-refractivity contribution >= 4 is 22.6 Å². The predicted octanol–water partition coefficient (Wildman–Crippen LogP) is 0.962. The van der Waals surface area contributed by atoms with E-state index in [4.69, 9.17) is 15.2 Å². The molecule has 0 bridgehead atoms. The molecule has 0 aliphatic carbocycles. The smallest absolute Gasteiger partial charge is 0.256 e. The minimum Gasteiger partial charge on any atom is -0.497 e. The van der Waals surface area contributed by atoms with Gasteiger partial charge < -0.3 is 15.2 Å². The monoisotopic (exact) mass is 357 g/mol. The highest BCUT2D eigenvalue weighted by molar-refractivity contribution is 5.82. The van der Waals surface area contributed by atoms with Gasteiger partial charge in [-0.25, -0.2) is 4.98 Å². The van der Waals surface area contributed by atoms with Crippen molar-refractivity contribution in [1.82, 2.24) is 18.9 Å². The van der Waals surface area contributed by atoms with Gasteiger partial charge in [-0.15, -0.1) is 0 Å². The van der Waals surface area contributed by atoms with Crippen LogP contribution in [0.2, 0.25) is 0 Å². The van der Waals surface area contributed by atoms with Crippen molar-refractivity contribution in [2.45, 2.75) is 13.0 Å². The summed E-state index contributed by atoms with van der Waals surface area (Å²) in [5.74, 6) is 1.68. The topological polar surface area (TPSA) is 87.0 Å². The lowest BCUT2D eigenvalue weighted by atomic mass is 10.3. The van der Waals surface area contributed by atoms with Gasteiger partial charge in [0.15, 0.2) is 0 Å². The van der Waals surface area contributed by atoms with E-state index in [2.05, 4.69) is 9.88 Å². The standard InChI is InChI=1S/C18H23N5O3/c1-25-13-3-4-14-15(11-13)23-16(19)12-17(24)22(18(23)20-14)6-2-5-21-7-9-26-10-8-21/h3-4,11-12H,2,5-10,19H2,1H3. The van der Waals surface area contributed by atoms with Crippen molar-refractivity contribution in [1.29, 1.82) is 0 Å². The van der Waals surface area contributed by atoms with Crippen LogP contribution in [0.25, 0.3) is 16.8 Å². The number of morpholine rings is 1. The quantitative estimate of drug-likeness (QED) is 0.732. The molecule has 0 saturated carbocycles. The number of benzene rings is 1. The first-order valence-corrected chi connectivity index (χ1v) is 8.83. The van der Waals surface area contributed by atoms with Gasteiger partial charge in [-0.1, -0.05) is 0 Å². The number of rotatable bonds is 5. The maximum absolute atomic E-state index is 12.5. The van der Waals surface area contributed by atoms with Gasteiger partial charge in [0.1, 0.15) is 11.6 Å². The maximum Gasteiger partial charge on any atom is 0.256 e. The van der Waals surface area contributed by atoms with Crippen LogP contribution in [0.1, 0.15) is 6.42 Å². The number of aromatic nitrogens is 3. The molecule has 4 rings (SSSR count). The normalized spacial score (nSPS) is 15.7. The molecule has 0 atom stereocenters. The molecule has 0 amide bonds. The number of nitrogen functional groups attached to an aromatic ring is 1. The molecule has 2 aromatic heterocycles. The number of imidazole rings is 1. The molecule has 0 spiro atoms. The fraction of sp³-hybridized carbons (Fsp3) is 0.444. The van der Waals surface area contributed by atoms with Crippen molar-refractivity contribution in [3.63, 3.8) is 0 Å². The van der Waals surface area contributed by atoms with Crippen LogP contribution in [0.3, 0.4) is 0 Å². The highest BCUT2D eigenvalue weighted by Crippen LogP contribution is 2.23. The molecule has 0 radical (unpaired) electrons. The van der Waals surface area contributed by atoms with Crippen LogP contribution in [-0.2, 0) is 11.3 Å². The van der Waals surface area contributed by atoms with Gasteiger partial charge >= 0.3 is 0 Å². The lowest BCUT2D eigenvalue weighted by Crippen LogP contribution is -2.37. The number of fused-ring (bicyclic) bond motifs is 3. The summed E-state index contributed by atoms with van der Waals surface area (Å²) in [5, 5.41) is 0. The van der Waals surface area contributed by atoms with Gasteiger partial charge in [0.2, 0.25) is 5.78 Å². The summed E-state index contributed by atoms with van der Waals surface area (Å²) in [6, 6.07) is 7.07. The van der Waals surface area contributed by atoms with Crippen LogP contribution >= 0.6 is 0 Å². The lowest BCUT2D eigenvalue weighted by molar-refractivity contribution is 0.0369. The first-order valence-electron chi connectivity index (χ1n) is 8.83.